The number of hydrogen-bond acceptors (Lipinski definition) is 4. The Hall–Kier alpha value is -2.47. The van der Waals surface area contributed by atoms with Crippen molar-refractivity contribution in [2.75, 3.05) is 6.54 Å². The second-order valence-corrected chi connectivity index (χ2v) is 9.25. The van der Waals surface area contributed by atoms with E-state index in [9.17, 15) is 4.79 Å². The zero-order valence-corrected chi connectivity index (χ0v) is 20.1. The largest absolute Gasteiger partial charge is 0.457 e. The summed E-state index contributed by atoms with van der Waals surface area (Å²) >= 11 is 13.8. The lowest BCUT2D eigenvalue weighted by molar-refractivity contribution is -0.122. The summed E-state index contributed by atoms with van der Waals surface area (Å²) in [6, 6.07) is 17.0. The quantitative estimate of drug-likeness (QED) is 0.333. The molecule has 4 nitrogen and oxygen atoms in total. The first kappa shape index (κ1) is 22.7. The van der Waals surface area contributed by atoms with E-state index >= 15 is 0 Å². The van der Waals surface area contributed by atoms with Crippen LogP contribution in [0.15, 0.2) is 68.9 Å². The number of furan rings is 1. The first-order chi connectivity index (χ1) is 15.5. The molecule has 0 aliphatic carbocycles. The second-order valence-electron chi connectivity index (χ2n) is 7.45. The van der Waals surface area contributed by atoms with Gasteiger partial charge in [0.05, 0.1) is 20.6 Å². The molecule has 0 atom stereocenters. The summed E-state index contributed by atoms with van der Waals surface area (Å²) in [6.45, 7) is 4.77. The highest BCUT2D eigenvalue weighted by molar-refractivity contribution is 8.18. The van der Waals surface area contributed by atoms with Gasteiger partial charge in [0.25, 0.3) is 5.91 Å². The van der Waals surface area contributed by atoms with E-state index in [-0.39, 0.29) is 5.91 Å². The number of thioether (sulfide) groups is 1. The predicted octanol–water partition coefficient (Wildman–Crippen LogP) is 7.97. The Balaban J connectivity index is 1.63. The van der Waals surface area contributed by atoms with Crippen molar-refractivity contribution in [3.8, 4) is 11.3 Å². The lowest BCUT2D eigenvalue weighted by Gasteiger charge is -2.14. The van der Waals surface area contributed by atoms with E-state index in [1.54, 1.807) is 17.0 Å². The molecule has 1 aromatic heterocycles. The van der Waals surface area contributed by atoms with Crippen LogP contribution in [0.25, 0.3) is 17.4 Å². The van der Waals surface area contributed by atoms with Crippen molar-refractivity contribution in [1.82, 2.24) is 4.90 Å². The Bertz CT molecular complexity index is 1200. The van der Waals surface area contributed by atoms with Crippen LogP contribution in [0.4, 0.5) is 5.69 Å². The standard InChI is InChI=1S/C25H22Cl2N2O2S/c1-3-4-14-29-24(30)22(32-25(29)28-17-10-8-16(2)9-11-17)15-18-12-13-21(31-18)19-6-5-7-20(26)23(19)27/h5-13,15H,3-4,14H2,1-2H3/b22-15+,28-25?. The number of carbonyl (C=O) groups is 1. The predicted molar refractivity (Wildman–Crippen MR) is 135 cm³/mol. The van der Waals surface area contributed by atoms with Crippen LogP contribution in [0.5, 0.6) is 0 Å². The molecule has 1 aliphatic rings. The first-order valence-electron chi connectivity index (χ1n) is 10.4. The van der Waals surface area contributed by atoms with E-state index in [4.69, 9.17) is 32.6 Å². The lowest BCUT2D eigenvalue weighted by atomic mass is 10.2. The molecule has 0 unspecified atom stereocenters. The Morgan fingerprint density at radius 3 is 2.62 bits per heavy atom. The summed E-state index contributed by atoms with van der Waals surface area (Å²) in [5.74, 6) is 1.10. The molecule has 0 saturated carbocycles. The van der Waals surface area contributed by atoms with Crippen molar-refractivity contribution >= 4 is 57.8 Å². The second kappa shape index (κ2) is 9.99. The highest BCUT2D eigenvalue weighted by Gasteiger charge is 2.33. The summed E-state index contributed by atoms with van der Waals surface area (Å²) in [7, 11) is 0. The van der Waals surface area contributed by atoms with E-state index < -0.39 is 0 Å². The molecule has 0 radical (unpaired) electrons. The minimum absolute atomic E-state index is 0.0620. The van der Waals surface area contributed by atoms with Gasteiger partial charge in [0.1, 0.15) is 11.5 Å². The number of amidine groups is 1. The minimum atomic E-state index is -0.0620. The van der Waals surface area contributed by atoms with E-state index in [0.717, 1.165) is 18.5 Å². The maximum absolute atomic E-state index is 13.1. The summed E-state index contributed by atoms with van der Waals surface area (Å²) < 4.78 is 5.96. The molecular weight excluding hydrogens is 463 g/mol. The fourth-order valence-electron chi connectivity index (χ4n) is 3.23. The van der Waals surface area contributed by atoms with Gasteiger partial charge in [-0.1, -0.05) is 60.3 Å². The number of hydrogen-bond donors (Lipinski definition) is 0. The van der Waals surface area contributed by atoms with Gasteiger partial charge < -0.3 is 4.42 Å². The monoisotopic (exact) mass is 484 g/mol. The molecule has 2 heterocycles. The maximum Gasteiger partial charge on any atom is 0.266 e. The Morgan fingerprint density at radius 2 is 1.88 bits per heavy atom. The van der Waals surface area contributed by atoms with Gasteiger partial charge in [-0.25, -0.2) is 4.99 Å². The van der Waals surface area contributed by atoms with Crippen LogP contribution >= 0.6 is 35.0 Å². The van der Waals surface area contributed by atoms with Gasteiger partial charge in [-0.2, -0.15) is 0 Å². The third-order valence-corrected chi connectivity index (χ3v) is 6.82. The number of unbranched alkanes of at least 4 members (excludes halogenated alkanes) is 1. The SMILES string of the molecule is CCCCN1C(=O)/C(=C\c2ccc(-c3cccc(Cl)c3Cl)o2)SC1=Nc1ccc(C)cc1. The Labute approximate surface area is 201 Å². The molecule has 0 N–H and O–H groups in total. The van der Waals surface area contributed by atoms with Crippen LogP contribution in [0.3, 0.4) is 0 Å². The Kier molecular flexibility index (Phi) is 7.09. The van der Waals surface area contributed by atoms with Gasteiger partial charge in [0, 0.05) is 18.2 Å². The zero-order valence-electron chi connectivity index (χ0n) is 17.8. The van der Waals surface area contributed by atoms with Gasteiger partial charge in [0.2, 0.25) is 0 Å². The van der Waals surface area contributed by atoms with Crippen LogP contribution < -0.4 is 0 Å². The topological polar surface area (TPSA) is 45.8 Å². The van der Waals surface area contributed by atoms with Crippen LogP contribution in [0.2, 0.25) is 10.0 Å². The summed E-state index contributed by atoms with van der Waals surface area (Å²) in [6.07, 6.45) is 3.66. The van der Waals surface area contributed by atoms with E-state index in [0.29, 0.717) is 43.7 Å². The van der Waals surface area contributed by atoms with Crippen molar-refractivity contribution in [2.45, 2.75) is 26.7 Å². The smallest absolute Gasteiger partial charge is 0.266 e. The zero-order chi connectivity index (χ0) is 22.7. The molecule has 1 aliphatic heterocycles. The number of nitrogens with zero attached hydrogens (tertiary/aromatic N) is 2. The molecule has 1 amide bonds. The molecular formula is C25H22Cl2N2O2S. The van der Waals surface area contributed by atoms with E-state index in [2.05, 4.69) is 6.92 Å². The molecule has 0 bridgehead atoms. The van der Waals surface area contributed by atoms with Gasteiger partial charge >= 0.3 is 0 Å². The summed E-state index contributed by atoms with van der Waals surface area (Å²) in [5.41, 5.74) is 2.70. The van der Waals surface area contributed by atoms with Crippen molar-refractivity contribution in [2.24, 2.45) is 4.99 Å². The van der Waals surface area contributed by atoms with E-state index in [1.165, 1.54) is 17.3 Å². The molecule has 1 fully saturated rings. The van der Waals surface area contributed by atoms with Crippen molar-refractivity contribution in [1.29, 1.82) is 0 Å². The molecule has 3 aromatic rings. The molecule has 0 spiro atoms. The maximum atomic E-state index is 13.1. The average molecular weight is 485 g/mol. The van der Waals surface area contributed by atoms with Gasteiger partial charge in [0.15, 0.2) is 5.17 Å². The molecule has 1 saturated heterocycles. The van der Waals surface area contributed by atoms with Crippen molar-refractivity contribution < 1.29 is 9.21 Å². The fraction of sp³-hybridized carbons (Fsp3) is 0.200. The number of carbonyl (C=O) groups excluding carboxylic acids is 1. The highest BCUT2D eigenvalue weighted by atomic mass is 35.5. The van der Waals surface area contributed by atoms with Crippen LogP contribution in [0, 0.1) is 6.92 Å². The number of benzene rings is 2. The molecule has 7 heteroatoms. The first-order valence-corrected chi connectivity index (χ1v) is 11.9. The third kappa shape index (κ3) is 4.96. The number of aliphatic imine (C=N–C) groups is 1. The summed E-state index contributed by atoms with van der Waals surface area (Å²) in [5, 5.41) is 1.58. The average Bonchev–Trinajstić information content (AvgIpc) is 3.35. The number of amides is 1. The fourth-order valence-corrected chi connectivity index (χ4v) is 4.63. The molecule has 4 rings (SSSR count). The third-order valence-electron chi connectivity index (χ3n) is 5.00. The van der Waals surface area contributed by atoms with Gasteiger partial charge in [-0.3, -0.25) is 9.69 Å². The molecule has 32 heavy (non-hydrogen) atoms. The minimum Gasteiger partial charge on any atom is -0.457 e. The molecule has 2 aromatic carbocycles. The molecule has 164 valence electrons. The van der Waals surface area contributed by atoms with Gasteiger partial charge in [-0.05, 0) is 61.5 Å². The number of aryl methyl sites for hydroxylation is 1. The Morgan fingerprint density at radius 1 is 1.09 bits per heavy atom. The van der Waals surface area contributed by atoms with Crippen LogP contribution in [-0.2, 0) is 4.79 Å². The highest BCUT2D eigenvalue weighted by Crippen LogP contribution is 2.37. The van der Waals surface area contributed by atoms with Crippen molar-refractivity contribution in [3.05, 3.63) is 80.9 Å². The van der Waals surface area contributed by atoms with Crippen LogP contribution in [-0.4, -0.2) is 22.5 Å². The lowest BCUT2D eigenvalue weighted by Crippen LogP contribution is -2.30. The summed E-state index contributed by atoms with van der Waals surface area (Å²) in [4.78, 5) is 20.2. The van der Waals surface area contributed by atoms with Crippen LogP contribution in [0.1, 0.15) is 31.1 Å². The van der Waals surface area contributed by atoms with Gasteiger partial charge in [-0.15, -0.1) is 0 Å². The number of rotatable bonds is 6. The van der Waals surface area contributed by atoms with E-state index in [1.807, 2.05) is 55.5 Å². The van der Waals surface area contributed by atoms with Crippen molar-refractivity contribution in [3.63, 3.8) is 0 Å². The normalized spacial score (nSPS) is 16.5. The number of halogens is 2.